The first kappa shape index (κ1) is 14.9. The number of anilines is 1. The molecule has 0 fully saturated rings. The Bertz CT molecular complexity index is 809. The van der Waals surface area contributed by atoms with Gasteiger partial charge in [-0.25, -0.2) is 9.67 Å². The van der Waals surface area contributed by atoms with Gasteiger partial charge < -0.3 is 5.32 Å². The van der Waals surface area contributed by atoms with Crippen molar-refractivity contribution in [3.63, 3.8) is 0 Å². The number of amides is 1. The van der Waals surface area contributed by atoms with E-state index < -0.39 is 0 Å². The Kier molecular flexibility index (Phi) is 4.14. The van der Waals surface area contributed by atoms with Gasteiger partial charge in [-0.3, -0.25) is 4.79 Å². The van der Waals surface area contributed by atoms with Gasteiger partial charge in [0, 0.05) is 6.20 Å². The number of aromatic nitrogens is 4. The van der Waals surface area contributed by atoms with E-state index >= 15 is 0 Å². The topological polar surface area (TPSA) is 72.7 Å². The Morgan fingerprint density at radius 2 is 1.91 bits per heavy atom. The molecule has 0 radical (unpaired) electrons. The van der Waals surface area contributed by atoms with Crippen molar-refractivity contribution in [2.75, 3.05) is 5.32 Å². The molecule has 0 aliphatic heterocycles. The minimum absolute atomic E-state index is 0.307. The zero-order valence-electron chi connectivity index (χ0n) is 13.0. The highest BCUT2D eigenvalue weighted by Crippen LogP contribution is 2.11. The number of nitrogens with one attached hydrogen (secondary N) is 1. The number of aryl methyl sites for hydroxylation is 1. The average molecular weight is 307 g/mol. The first-order valence-corrected chi connectivity index (χ1v) is 7.31. The van der Waals surface area contributed by atoms with E-state index in [1.54, 1.807) is 16.9 Å². The molecule has 3 aromatic rings. The molecular weight excluding hydrogens is 290 g/mol. The third-order valence-electron chi connectivity index (χ3n) is 3.53. The Morgan fingerprint density at radius 1 is 1.13 bits per heavy atom. The van der Waals surface area contributed by atoms with Crippen molar-refractivity contribution in [2.24, 2.45) is 0 Å². The van der Waals surface area contributed by atoms with Crippen LogP contribution in [0.3, 0.4) is 0 Å². The van der Waals surface area contributed by atoms with E-state index in [-0.39, 0.29) is 5.91 Å². The predicted molar refractivity (Wildman–Crippen MR) is 87.2 cm³/mol. The lowest BCUT2D eigenvalue weighted by Gasteiger charge is -2.05. The highest BCUT2D eigenvalue weighted by molar-refractivity contribution is 6.02. The fourth-order valence-electron chi connectivity index (χ4n) is 2.19. The van der Waals surface area contributed by atoms with Crippen molar-refractivity contribution in [1.29, 1.82) is 0 Å². The maximum absolute atomic E-state index is 12.3. The number of carbonyl (C=O) groups excluding carboxylic acids is 1. The summed E-state index contributed by atoms with van der Waals surface area (Å²) >= 11 is 0. The van der Waals surface area contributed by atoms with Gasteiger partial charge >= 0.3 is 0 Å². The summed E-state index contributed by atoms with van der Waals surface area (Å²) in [5.41, 5.74) is 3.17. The predicted octanol–water partition coefficient (Wildman–Crippen LogP) is 2.59. The van der Waals surface area contributed by atoms with Crippen LogP contribution in [0.15, 0.2) is 48.7 Å². The minimum Gasteiger partial charge on any atom is -0.305 e. The monoisotopic (exact) mass is 307 g/mol. The van der Waals surface area contributed by atoms with Crippen molar-refractivity contribution in [3.05, 3.63) is 71.2 Å². The molecule has 3 rings (SSSR count). The zero-order chi connectivity index (χ0) is 16.2. The molecule has 1 amide bonds. The number of benzene rings is 1. The summed E-state index contributed by atoms with van der Waals surface area (Å²) in [6.07, 6.45) is 1.70. The Hall–Kier alpha value is -3.02. The van der Waals surface area contributed by atoms with Crippen molar-refractivity contribution in [3.8, 4) is 0 Å². The maximum Gasteiger partial charge on any atom is 0.279 e. The molecule has 1 aromatic carbocycles. The quantitative estimate of drug-likeness (QED) is 0.804. The number of hydrogen-bond donors (Lipinski definition) is 1. The molecule has 2 aromatic heterocycles. The number of nitrogens with zero attached hydrogens (tertiary/aromatic N) is 4. The number of carbonyl (C=O) groups is 1. The molecule has 0 unspecified atom stereocenters. The van der Waals surface area contributed by atoms with Crippen LogP contribution in [0.25, 0.3) is 0 Å². The first-order chi connectivity index (χ1) is 11.1. The Morgan fingerprint density at radius 3 is 2.61 bits per heavy atom. The van der Waals surface area contributed by atoms with Crippen LogP contribution in [0.2, 0.25) is 0 Å². The summed E-state index contributed by atoms with van der Waals surface area (Å²) < 4.78 is 1.72. The molecule has 6 nitrogen and oxygen atoms in total. The van der Waals surface area contributed by atoms with Crippen LogP contribution in [0.1, 0.15) is 27.3 Å². The van der Waals surface area contributed by atoms with Crippen LogP contribution in [0.5, 0.6) is 0 Å². The second-order valence-electron chi connectivity index (χ2n) is 5.34. The van der Waals surface area contributed by atoms with Gasteiger partial charge in [-0.15, -0.1) is 5.10 Å². The molecule has 0 atom stereocenters. The van der Waals surface area contributed by atoms with Crippen LogP contribution >= 0.6 is 0 Å². The van der Waals surface area contributed by atoms with Gasteiger partial charge in [0.15, 0.2) is 5.69 Å². The van der Waals surface area contributed by atoms with Gasteiger partial charge in [0.1, 0.15) is 5.82 Å². The van der Waals surface area contributed by atoms with E-state index in [9.17, 15) is 4.79 Å². The molecule has 0 saturated carbocycles. The summed E-state index contributed by atoms with van der Waals surface area (Å²) in [6, 6.07) is 13.6. The highest BCUT2D eigenvalue weighted by atomic mass is 16.2. The lowest BCUT2D eigenvalue weighted by molar-refractivity contribution is 0.102. The second kappa shape index (κ2) is 6.39. The van der Waals surface area contributed by atoms with Crippen LogP contribution < -0.4 is 5.32 Å². The van der Waals surface area contributed by atoms with Crippen LogP contribution in [0, 0.1) is 13.8 Å². The second-order valence-corrected chi connectivity index (χ2v) is 5.34. The maximum atomic E-state index is 12.3. The van der Waals surface area contributed by atoms with Crippen LogP contribution in [-0.4, -0.2) is 25.9 Å². The SMILES string of the molecule is Cc1ccc(NC(=O)c2nnn(Cc3ccccc3)c2C)nc1. The van der Waals surface area contributed by atoms with Crippen molar-refractivity contribution >= 4 is 11.7 Å². The van der Waals surface area contributed by atoms with E-state index in [2.05, 4.69) is 20.6 Å². The molecule has 0 spiro atoms. The number of rotatable bonds is 4. The van der Waals surface area contributed by atoms with E-state index in [4.69, 9.17) is 0 Å². The smallest absolute Gasteiger partial charge is 0.279 e. The van der Waals surface area contributed by atoms with Crippen molar-refractivity contribution in [2.45, 2.75) is 20.4 Å². The molecule has 0 aliphatic rings. The van der Waals surface area contributed by atoms with Gasteiger partial charge in [-0.2, -0.15) is 0 Å². The van der Waals surface area contributed by atoms with E-state index in [0.717, 1.165) is 16.8 Å². The third-order valence-corrected chi connectivity index (χ3v) is 3.53. The first-order valence-electron chi connectivity index (χ1n) is 7.31. The normalized spacial score (nSPS) is 10.5. The molecule has 6 heteroatoms. The van der Waals surface area contributed by atoms with Crippen LogP contribution in [0.4, 0.5) is 5.82 Å². The molecule has 0 bridgehead atoms. The lowest BCUT2D eigenvalue weighted by atomic mass is 10.2. The van der Waals surface area contributed by atoms with Gasteiger partial charge in [0.2, 0.25) is 0 Å². The fourth-order valence-corrected chi connectivity index (χ4v) is 2.19. The summed E-state index contributed by atoms with van der Waals surface area (Å²) in [7, 11) is 0. The largest absolute Gasteiger partial charge is 0.305 e. The molecule has 0 saturated heterocycles. The number of pyridine rings is 1. The van der Waals surface area contributed by atoms with Gasteiger partial charge in [0.25, 0.3) is 5.91 Å². The molecule has 1 N–H and O–H groups in total. The Balaban J connectivity index is 1.75. The summed E-state index contributed by atoms with van der Waals surface area (Å²) in [5, 5.41) is 10.8. The zero-order valence-corrected chi connectivity index (χ0v) is 13.0. The minimum atomic E-state index is -0.307. The molecule has 116 valence electrons. The van der Waals surface area contributed by atoms with Crippen LogP contribution in [-0.2, 0) is 6.54 Å². The highest BCUT2D eigenvalue weighted by Gasteiger charge is 2.17. The van der Waals surface area contributed by atoms with Gasteiger partial charge in [-0.05, 0) is 31.0 Å². The summed E-state index contributed by atoms with van der Waals surface area (Å²) in [4.78, 5) is 16.5. The lowest BCUT2D eigenvalue weighted by Crippen LogP contribution is -2.15. The summed E-state index contributed by atoms with van der Waals surface area (Å²) in [5.74, 6) is 0.191. The van der Waals surface area contributed by atoms with Crippen molar-refractivity contribution in [1.82, 2.24) is 20.0 Å². The van der Waals surface area contributed by atoms with E-state index in [0.29, 0.717) is 18.1 Å². The molecular formula is C17H17N5O. The average Bonchev–Trinajstić information content (AvgIpc) is 2.92. The van der Waals surface area contributed by atoms with Crippen molar-refractivity contribution < 1.29 is 4.79 Å². The Labute approximate surface area is 134 Å². The van der Waals surface area contributed by atoms with E-state index in [1.807, 2.05) is 50.2 Å². The third kappa shape index (κ3) is 3.42. The number of hydrogen-bond acceptors (Lipinski definition) is 4. The molecule has 0 aliphatic carbocycles. The standard InChI is InChI=1S/C17H17N5O/c1-12-8-9-15(18-10-12)19-17(23)16-13(2)22(21-20-16)11-14-6-4-3-5-7-14/h3-10H,11H2,1-2H3,(H,18,19,23). The van der Waals surface area contributed by atoms with Gasteiger partial charge in [-0.1, -0.05) is 41.6 Å². The molecule has 2 heterocycles. The summed E-state index contributed by atoms with van der Waals surface area (Å²) in [6.45, 7) is 4.36. The van der Waals surface area contributed by atoms with Gasteiger partial charge in [0.05, 0.1) is 12.2 Å². The molecule has 23 heavy (non-hydrogen) atoms. The fraction of sp³-hybridized carbons (Fsp3) is 0.176. The van der Waals surface area contributed by atoms with E-state index in [1.165, 1.54) is 0 Å².